The van der Waals surface area contributed by atoms with Crippen LogP contribution in [0.15, 0.2) is 35.8 Å². The standard InChI is InChI=1S/C10H7N2OS/c13-7-12-10-4-3-8(6-11-10)9-2-1-5-14-9/h1-6H,(H,11,12,13). The quantitative estimate of drug-likeness (QED) is 0.777. The predicted molar refractivity (Wildman–Crippen MR) is 56.9 cm³/mol. The SMILES string of the molecule is O=[C]Nc1ccc(-c2cccs2)cn1. The first kappa shape index (κ1) is 8.90. The highest BCUT2D eigenvalue weighted by Gasteiger charge is 1.98. The molecule has 0 fully saturated rings. The number of anilines is 1. The lowest BCUT2D eigenvalue weighted by atomic mass is 10.2. The van der Waals surface area contributed by atoms with Gasteiger partial charge in [-0.3, -0.25) is 4.79 Å². The van der Waals surface area contributed by atoms with Gasteiger partial charge in [0.05, 0.1) is 0 Å². The molecule has 0 saturated heterocycles. The minimum absolute atomic E-state index is 0.514. The van der Waals surface area contributed by atoms with Crippen LogP contribution < -0.4 is 5.32 Å². The molecule has 0 bridgehead atoms. The average Bonchev–Trinajstić information content (AvgIpc) is 2.72. The average molecular weight is 203 g/mol. The third-order valence-electron chi connectivity index (χ3n) is 1.75. The third-order valence-corrected chi connectivity index (χ3v) is 2.67. The summed E-state index contributed by atoms with van der Waals surface area (Å²) in [5.41, 5.74) is 1.05. The maximum atomic E-state index is 10.0. The first-order valence-corrected chi connectivity index (χ1v) is 4.91. The summed E-state index contributed by atoms with van der Waals surface area (Å²) in [6.45, 7) is 0. The Bertz CT molecular complexity index is 408. The van der Waals surface area contributed by atoms with E-state index in [1.807, 2.05) is 23.6 Å². The highest BCUT2D eigenvalue weighted by atomic mass is 32.1. The Kier molecular flexibility index (Phi) is 2.55. The van der Waals surface area contributed by atoms with Gasteiger partial charge < -0.3 is 5.32 Å². The Labute approximate surface area is 85.4 Å². The van der Waals surface area contributed by atoms with E-state index in [0.717, 1.165) is 5.56 Å². The Morgan fingerprint density at radius 3 is 2.86 bits per heavy atom. The zero-order valence-corrected chi connectivity index (χ0v) is 8.04. The number of nitrogens with zero attached hydrogens (tertiary/aromatic N) is 1. The molecular formula is C10H7N2OS. The van der Waals surface area contributed by atoms with Gasteiger partial charge in [-0.2, -0.15) is 0 Å². The van der Waals surface area contributed by atoms with E-state index in [2.05, 4.69) is 10.3 Å². The Balaban J connectivity index is 2.26. The van der Waals surface area contributed by atoms with Gasteiger partial charge in [0, 0.05) is 16.6 Å². The summed E-state index contributed by atoms with van der Waals surface area (Å²) in [6.07, 6.45) is 3.31. The fraction of sp³-hybridized carbons (Fsp3) is 0. The van der Waals surface area contributed by atoms with Crippen LogP contribution in [0.3, 0.4) is 0 Å². The summed E-state index contributed by atoms with van der Waals surface area (Å²) in [6, 6.07) is 7.68. The van der Waals surface area contributed by atoms with Crippen molar-refractivity contribution in [3.8, 4) is 10.4 Å². The molecule has 0 unspecified atom stereocenters. The van der Waals surface area contributed by atoms with Crippen molar-refractivity contribution in [3.63, 3.8) is 0 Å². The summed E-state index contributed by atoms with van der Waals surface area (Å²) in [5, 5.41) is 4.38. The van der Waals surface area contributed by atoms with Gasteiger partial charge in [0.2, 0.25) is 0 Å². The summed E-state index contributed by atoms with van der Waals surface area (Å²) in [7, 11) is 0. The van der Waals surface area contributed by atoms with Gasteiger partial charge in [0.25, 0.3) is 0 Å². The summed E-state index contributed by atoms with van der Waals surface area (Å²) >= 11 is 1.66. The molecule has 1 N–H and O–H groups in total. The highest BCUT2D eigenvalue weighted by Crippen LogP contribution is 2.24. The molecule has 0 aliphatic carbocycles. The number of nitrogens with one attached hydrogen (secondary N) is 1. The first-order valence-electron chi connectivity index (χ1n) is 4.03. The van der Waals surface area contributed by atoms with Crippen LogP contribution >= 0.6 is 11.3 Å². The van der Waals surface area contributed by atoms with Gasteiger partial charge in [-0.25, -0.2) is 4.98 Å². The van der Waals surface area contributed by atoms with Crippen molar-refractivity contribution >= 4 is 23.6 Å². The number of rotatable bonds is 3. The number of hydrogen-bond donors (Lipinski definition) is 1. The molecule has 0 aromatic carbocycles. The molecule has 4 heteroatoms. The van der Waals surface area contributed by atoms with Crippen LogP contribution in [-0.2, 0) is 4.79 Å². The van der Waals surface area contributed by atoms with E-state index in [4.69, 9.17) is 0 Å². The Morgan fingerprint density at radius 1 is 1.36 bits per heavy atom. The van der Waals surface area contributed by atoms with Crippen molar-refractivity contribution in [2.75, 3.05) is 5.32 Å². The largest absolute Gasteiger partial charge is 0.315 e. The monoisotopic (exact) mass is 203 g/mol. The molecule has 1 radical (unpaired) electrons. The molecule has 0 saturated carbocycles. The molecule has 3 nitrogen and oxygen atoms in total. The fourth-order valence-corrected chi connectivity index (χ4v) is 1.83. The lowest BCUT2D eigenvalue weighted by Gasteiger charge is -1.98. The van der Waals surface area contributed by atoms with Crippen LogP contribution in [0, 0.1) is 0 Å². The number of aromatic nitrogens is 1. The minimum atomic E-state index is 0.514. The molecule has 0 spiro atoms. The number of hydrogen-bond acceptors (Lipinski definition) is 3. The van der Waals surface area contributed by atoms with Crippen molar-refractivity contribution in [3.05, 3.63) is 35.8 Å². The zero-order chi connectivity index (χ0) is 9.80. The molecule has 0 aliphatic heterocycles. The van der Waals surface area contributed by atoms with Gasteiger partial charge in [0.15, 0.2) is 0 Å². The Hall–Kier alpha value is -1.68. The summed E-state index contributed by atoms with van der Waals surface area (Å²) in [5.74, 6) is 0.514. The van der Waals surface area contributed by atoms with Crippen LogP contribution in [0.2, 0.25) is 0 Å². The second kappa shape index (κ2) is 4.02. The lowest BCUT2D eigenvalue weighted by molar-refractivity contribution is 0.561. The molecule has 69 valence electrons. The molecular weight excluding hydrogens is 196 g/mol. The van der Waals surface area contributed by atoms with E-state index in [0.29, 0.717) is 5.82 Å². The van der Waals surface area contributed by atoms with Gasteiger partial charge in [-0.15, -0.1) is 11.3 Å². The second-order valence-electron chi connectivity index (χ2n) is 2.64. The van der Waals surface area contributed by atoms with Gasteiger partial charge in [-0.1, -0.05) is 6.07 Å². The number of carbonyl (C=O) groups excluding carboxylic acids is 1. The van der Waals surface area contributed by atoms with E-state index in [9.17, 15) is 4.79 Å². The van der Waals surface area contributed by atoms with Crippen LogP contribution in [-0.4, -0.2) is 11.4 Å². The van der Waals surface area contributed by atoms with Crippen LogP contribution in [0.25, 0.3) is 10.4 Å². The molecule has 2 rings (SSSR count). The molecule has 2 heterocycles. The van der Waals surface area contributed by atoms with Crippen molar-refractivity contribution in [2.45, 2.75) is 0 Å². The van der Waals surface area contributed by atoms with Crippen molar-refractivity contribution in [2.24, 2.45) is 0 Å². The maximum Gasteiger partial charge on any atom is 0.315 e. The van der Waals surface area contributed by atoms with E-state index >= 15 is 0 Å². The van der Waals surface area contributed by atoms with Crippen molar-refractivity contribution < 1.29 is 4.79 Å². The maximum absolute atomic E-state index is 10.0. The van der Waals surface area contributed by atoms with E-state index in [1.165, 1.54) is 4.88 Å². The normalized spacial score (nSPS) is 9.71. The smallest absolute Gasteiger partial charge is 0.302 e. The molecule has 0 atom stereocenters. The molecule has 14 heavy (non-hydrogen) atoms. The van der Waals surface area contributed by atoms with E-state index in [-0.39, 0.29) is 0 Å². The topological polar surface area (TPSA) is 42.0 Å². The van der Waals surface area contributed by atoms with Gasteiger partial charge in [-0.05, 0) is 23.6 Å². The summed E-state index contributed by atoms with van der Waals surface area (Å²) < 4.78 is 0. The minimum Gasteiger partial charge on any atom is -0.302 e. The Morgan fingerprint density at radius 2 is 2.29 bits per heavy atom. The van der Waals surface area contributed by atoms with Crippen LogP contribution in [0.4, 0.5) is 5.82 Å². The van der Waals surface area contributed by atoms with Crippen molar-refractivity contribution in [1.29, 1.82) is 0 Å². The lowest BCUT2D eigenvalue weighted by Crippen LogP contribution is -1.95. The molecule has 2 aromatic heterocycles. The molecule has 1 amide bonds. The number of pyridine rings is 1. The summed E-state index contributed by atoms with van der Waals surface area (Å²) in [4.78, 5) is 15.2. The third kappa shape index (κ3) is 1.80. The van der Waals surface area contributed by atoms with Crippen LogP contribution in [0.5, 0.6) is 0 Å². The van der Waals surface area contributed by atoms with Crippen molar-refractivity contribution in [1.82, 2.24) is 4.98 Å². The molecule has 0 aliphatic rings. The van der Waals surface area contributed by atoms with Crippen LogP contribution in [0.1, 0.15) is 0 Å². The van der Waals surface area contributed by atoms with E-state index < -0.39 is 0 Å². The zero-order valence-electron chi connectivity index (χ0n) is 7.23. The molecule has 2 aromatic rings. The van der Waals surface area contributed by atoms with Gasteiger partial charge >= 0.3 is 6.41 Å². The number of amides is 1. The second-order valence-corrected chi connectivity index (χ2v) is 3.58. The first-order chi connectivity index (χ1) is 6.90. The highest BCUT2D eigenvalue weighted by molar-refractivity contribution is 7.13. The predicted octanol–water partition coefficient (Wildman–Crippen LogP) is 2.29. The number of thiophene rings is 1. The van der Waals surface area contributed by atoms with Gasteiger partial charge in [0.1, 0.15) is 5.82 Å². The fourth-order valence-electron chi connectivity index (χ4n) is 1.11. The van der Waals surface area contributed by atoms with E-state index in [1.54, 1.807) is 30.0 Å².